The first-order valence-corrected chi connectivity index (χ1v) is 11.8. The van der Waals surface area contributed by atoms with Crippen LogP contribution in [0.4, 0.5) is 5.69 Å². The van der Waals surface area contributed by atoms with Gasteiger partial charge in [-0.1, -0.05) is 48.5 Å². The van der Waals surface area contributed by atoms with E-state index in [2.05, 4.69) is 14.7 Å². The van der Waals surface area contributed by atoms with Gasteiger partial charge in [0.1, 0.15) is 0 Å². The van der Waals surface area contributed by atoms with Gasteiger partial charge in [0.25, 0.3) is 10.0 Å². The van der Waals surface area contributed by atoms with Crippen LogP contribution in [0, 0.1) is 6.92 Å². The van der Waals surface area contributed by atoms with E-state index >= 15 is 0 Å². The zero-order valence-corrected chi connectivity index (χ0v) is 18.1. The number of sulfonamides is 1. The molecule has 0 aliphatic heterocycles. The fourth-order valence-electron chi connectivity index (χ4n) is 3.27. The maximum absolute atomic E-state index is 13.3. The summed E-state index contributed by atoms with van der Waals surface area (Å²) in [5.41, 5.74) is 2.49. The van der Waals surface area contributed by atoms with Crippen LogP contribution in [0.1, 0.15) is 5.01 Å². The Morgan fingerprint density at radius 3 is 2.26 bits per heavy atom. The third kappa shape index (κ3) is 3.83. The maximum atomic E-state index is 13.3. The van der Waals surface area contributed by atoms with Crippen molar-refractivity contribution in [2.45, 2.75) is 11.9 Å². The molecule has 0 unspecified atom stereocenters. The van der Waals surface area contributed by atoms with Crippen LogP contribution in [0.5, 0.6) is 0 Å². The summed E-state index contributed by atoms with van der Waals surface area (Å²) in [4.78, 5) is 8.80. The van der Waals surface area contributed by atoms with Crippen molar-refractivity contribution in [2.75, 3.05) is 4.72 Å². The van der Waals surface area contributed by atoms with Crippen LogP contribution >= 0.6 is 11.3 Å². The Labute approximate surface area is 183 Å². The minimum absolute atomic E-state index is 0.160. The zero-order chi connectivity index (χ0) is 21.4. The lowest BCUT2D eigenvalue weighted by molar-refractivity contribution is 0.581. The van der Waals surface area contributed by atoms with Crippen molar-refractivity contribution in [3.63, 3.8) is 0 Å². The summed E-state index contributed by atoms with van der Waals surface area (Å²) in [5.74, 6) is 0.433. The molecule has 0 aliphatic carbocycles. The molecule has 0 aliphatic rings. The highest BCUT2D eigenvalue weighted by Crippen LogP contribution is 2.34. The van der Waals surface area contributed by atoms with Crippen molar-refractivity contribution in [3.8, 4) is 22.8 Å². The molecule has 0 spiro atoms. The van der Waals surface area contributed by atoms with Crippen LogP contribution in [0.3, 0.4) is 0 Å². The Hall–Kier alpha value is -3.49. The summed E-state index contributed by atoms with van der Waals surface area (Å²) in [6, 6.07) is 23.6. The Bertz CT molecular complexity index is 1470. The number of hydrogen-bond acceptors (Lipinski definition) is 6. The van der Waals surface area contributed by atoms with E-state index < -0.39 is 10.0 Å². The summed E-state index contributed by atoms with van der Waals surface area (Å²) < 4.78 is 36.2. The van der Waals surface area contributed by atoms with E-state index in [1.165, 1.54) is 0 Å². The van der Waals surface area contributed by atoms with Crippen molar-refractivity contribution >= 4 is 37.3 Å². The van der Waals surface area contributed by atoms with Crippen molar-refractivity contribution < 1.29 is 12.8 Å². The molecule has 5 rings (SSSR count). The fourth-order valence-corrected chi connectivity index (χ4v) is 5.22. The van der Waals surface area contributed by atoms with Crippen LogP contribution in [0.2, 0.25) is 0 Å². The summed E-state index contributed by atoms with van der Waals surface area (Å²) in [5, 5.41) is 0.762. The SMILES string of the molecule is Cc1nc2cc(NS(=O)(=O)c3nc(-c4ccccc4)oc3-c3ccccc3)ccc2s1. The van der Waals surface area contributed by atoms with Crippen molar-refractivity contribution in [3.05, 3.63) is 83.9 Å². The fraction of sp³-hybridized carbons (Fsp3) is 0.0435. The van der Waals surface area contributed by atoms with Gasteiger partial charge < -0.3 is 4.42 Å². The quantitative estimate of drug-likeness (QED) is 0.372. The first kappa shape index (κ1) is 19.5. The third-order valence-corrected chi connectivity index (χ3v) is 6.90. The van der Waals surface area contributed by atoms with Crippen LogP contribution in [-0.2, 0) is 10.0 Å². The molecular formula is C23H17N3O3S2. The molecule has 2 aromatic heterocycles. The number of nitrogens with one attached hydrogen (secondary N) is 1. The number of nitrogens with zero attached hydrogens (tertiary/aromatic N) is 2. The summed E-state index contributed by atoms with van der Waals surface area (Å²) in [6.07, 6.45) is 0. The number of aromatic nitrogens is 2. The molecule has 1 N–H and O–H groups in total. The number of rotatable bonds is 5. The van der Waals surface area contributed by atoms with E-state index in [9.17, 15) is 8.42 Å². The van der Waals surface area contributed by atoms with E-state index in [4.69, 9.17) is 4.42 Å². The summed E-state index contributed by atoms with van der Waals surface area (Å²) >= 11 is 1.56. The Kier molecular flexibility index (Phi) is 4.80. The number of fused-ring (bicyclic) bond motifs is 1. The van der Waals surface area contributed by atoms with Gasteiger partial charge in [0.05, 0.1) is 20.9 Å². The monoisotopic (exact) mass is 447 g/mol. The molecule has 3 aromatic carbocycles. The Morgan fingerprint density at radius 1 is 0.871 bits per heavy atom. The molecule has 2 heterocycles. The second-order valence-corrected chi connectivity index (χ2v) is 9.74. The van der Waals surface area contributed by atoms with Crippen molar-refractivity contribution in [1.82, 2.24) is 9.97 Å². The summed E-state index contributed by atoms with van der Waals surface area (Å²) in [7, 11) is -4.02. The molecule has 0 radical (unpaired) electrons. The third-order valence-electron chi connectivity index (χ3n) is 4.65. The predicted molar refractivity (Wildman–Crippen MR) is 123 cm³/mol. The number of benzene rings is 3. The number of thiazole rings is 1. The van der Waals surface area contributed by atoms with Crippen molar-refractivity contribution in [2.24, 2.45) is 0 Å². The highest BCUT2D eigenvalue weighted by Gasteiger charge is 2.27. The van der Waals surface area contributed by atoms with E-state index in [-0.39, 0.29) is 16.7 Å². The normalized spacial score (nSPS) is 11.6. The average Bonchev–Trinajstić information content (AvgIpc) is 3.38. The van der Waals surface area contributed by atoms with Gasteiger partial charge in [0.15, 0.2) is 5.76 Å². The van der Waals surface area contributed by atoms with Crippen molar-refractivity contribution in [1.29, 1.82) is 0 Å². The number of hydrogen-bond donors (Lipinski definition) is 1. The minimum Gasteiger partial charge on any atom is -0.435 e. The molecule has 0 bridgehead atoms. The first-order valence-electron chi connectivity index (χ1n) is 9.51. The number of anilines is 1. The molecule has 0 amide bonds. The van der Waals surface area contributed by atoms with Gasteiger partial charge in [-0.05, 0) is 37.3 Å². The lowest BCUT2D eigenvalue weighted by Crippen LogP contribution is -2.14. The lowest BCUT2D eigenvalue weighted by atomic mass is 10.2. The van der Waals surface area contributed by atoms with Gasteiger partial charge in [-0.3, -0.25) is 4.72 Å². The van der Waals surface area contributed by atoms with Gasteiger partial charge in [0, 0.05) is 11.1 Å². The second-order valence-electron chi connectivity index (χ2n) is 6.91. The molecule has 0 fully saturated rings. The topological polar surface area (TPSA) is 85.1 Å². The molecule has 31 heavy (non-hydrogen) atoms. The van der Waals surface area contributed by atoms with Gasteiger partial charge in [0.2, 0.25) is 10.9 Å². The van der Waals surface area contributed by atoms with Gasteiger partial charge >= 0.3 is 0 Å². The van der Waals surface area contributed by atoms with Gasteiger partial charge in [-0.25, -0.2) is 4.98 Å². The minimum atomic E-state index is -4.02. The molecule has 5 aromatic rings. The van der Waals surface area contributed by atoms with E-state index in [1.54, 1.807) is 35.6 Å². The molecule has 0 saturated heterocycles. The molecule has 154 valence electrons. The highest BCUT2D eigenvalue weighted by atomic mass is 32.2. The number of oxazole rings is 1. The molecule has 0 atom stereocenters. The largest absolute Gasteiger partial charge is 0.435 e. The molecule has 0 saturated carbocycles. The van der Waals surface area contributed by atoms with E-state index in [0.717, 1.165) is 15.2 Å². The molecule has 8 heteroatoms. The molecular weight excluding hydrogens is 430 g/mol. The predicted octanol–water partition coefficient (Wildman–Crippen LogP) is 5.73. The Morgan fingerprint density at radius 2 is 1.55 bits per heavy atom. The first-order chi connectivity index (χ1) is 15.0. The van der Waals surface area contributed by atoms with E-state index in [0.29, 0.717) is 16.8 Å². The van der Waals surface area contributed by atoms with Crippen LogP contribution in [-0.4, -0.2) is 18.4 Å². The smallest absolute Gasteiger partial charge is 0.283 e. The van der Waals surface area contributed by atoms with Crippen LogP contribution in [0.15, 0.2) is 88.3 Å². The van der Waals surface area contributed by atoms with E-state index in [1.807, 2.05) is 61.5 Å². The standard InChI is InChI=1S/C23H17N3O3S2/c1-15-24-19-14-18(12-13-20(19)30-15)26-31(27,28)23-21(16-8-4-2-5-9-16)29-22(25-23)17-10-6-3-7-11-17/h2-14,26H,1H3. The second kappa shape index (κ2) is 7.64. The zero-order valence-electron chi connectivity index (χ0n) is 16.4. The van der Waals surface area contributed by atoms with Gasteiger partial charge in [-0.2, -0.15) is 13.4 Å². The summed E-state index contributed by atoms with van der Waals surface area (Å²) in [6.45, 7) is 1.92. The number of aryl methyl sites for hydroxylation is 1. The highest BCUT2D eigenvalue weighted by molar-refractivity contribution is 7.92. The average molecular weight is 448 g/mol. The lowest BCUT2D eigenvalue weighted by Gasteiger charge is -2.07. The van der Waals surface area contributed by atoms with Crippen LogP contribution in [0.25, 0.3) is 33.0 Å². The maximum Gasteiger partial charge on any atom is 0.283 e. The van der Waals surface area contributed by atoms with Crippen LogP contribution < -0.4 is 4.72 Å². The van der Waals surface area contributed by atoms with Gasteiger partial charge in [-0.15, -0.1) is 11.3 Å². The molecule has 6 nitrogen and oxygen atoms in total. The Balaban J connectivity index is 1.60.